The van der Waals surface area contributed by atoms with E-state index in [-0.39, 0.29) is 12.0 Å². The monoisotopic (exact) mass is 251 g/mol. The van der Waals surface area contributed by atoms with Crippen LogP contribution in [0.5, 0.6) is 0 Å². The highest BCUT2D eigenvalue weighted by molar-refractivity contribution is 5.69. The molecule has 0 saturated heterocycles. The van der Waals surface area contributed by atoms with Crippen LogP contribution in [0.1, 0.15) is 31.9 Å². The number of ether oxygens (including phenoxy) is 1. The second-order valence-corrected chi connectivity index (χ2v) is 4.15. The number of esters is 1. The molecule has 4 nitrogen and oxygen atoms in total. The summed E-state index contributed by atoms with van der Waals surface area (Å²) in [5.74, 6) is -0.216. The first kappa shape index (κ1) is 14.7. The summed E-state index contributed by atoms with van der Waals surface area (Å²) in [6.45, 7) is 4.58. The van der Waals surface area contributed by atoms with Gasteiger partial charge in [0.05, 0.1) is 19.1 Å². The van der Waals surface area contributed by atoms with E-state index in [9.17, 15) is 9.90 Å². The van der Waals surface area contributed by atoms with Gasteiger partial charge in [0.2, 0.25) is 0 Å². The molecule has 0 radical (unpaired) electrons. The van der Waals surface area contributed by atoms with E-state index in [2.05, 4.69) is 5.32 Å². The van der Waals surface area contributed by atoms with E-state index in [1.807, 2.05) is 37.3 Å². The average Bonchev–Trinajstić information content (AvgIpc) is 2.39. The molecule has 0 spiro atoms. The van der Waals surface area contributed by atoms with Gasteiger partial charge in [0.15, 0.2) is 0 Å². The van der Waals surface area contributed by atoms with Gasteiger partial charge in [0.25, 0.3) is 0 Å². The second kappa shape index (κ2) is 7.84. The predicted molar refractivity (Wildman–Crippen MR) is 70.1 cm³/mol. The molecule has 0 aliphatic rings. The van der Waals surface area contributed by atoms with E-state index in [4.69, 9.17) is 4.74 Å². The molecule has 0 bridgehead atoms. The zero-order valence-electron chi connectivity index (χ0n) is 10.9. The molecule has 100 valence electrons. The average molecular weight is 251 g/mol. The molecule has 0 amide bonds. The van der Waals surface area contributed by atoms with Crippen LogP contribution in [-0.2, 0) is 9.53 Å². The highest BCUT2D eigenvalue weighted by Gasteiger charge is 2.15. The Morgan fingerprint density at radius 1 is 1.39 bits per heavy atom. The minimum atomic E-state index is -0.576. The smallest absolute Gasteiger partial charge is 0.307 e. The number of nitrogens with one attached hydrogen (secondary N) is 1. The van der Waals surface area contributed by atoms with Crippen molar-refractivity contribution in [2.75, 3.05) is 13.2 Å². The van der Waals surface area contributed by atoms with Crippen molar-refractivity contribution in [3.05, 3.63) is 35.9 Å². The normalized spacial score (nSPS) is 13.9. The molecule has 18 heavy (non-hydrogen) atoms. The summed E-state index contributed by atoms with van der Waals surface area (Å²) in [5, 5.41) is 13.2. The van der Waals surface area contributed by atoms with Gasteiger partial charge in [-0.2, -0.15) is 0 Å². The molecule has 0 aliphatic carbocycles. The van der Waals surface area contributed by atoms with Crippen LogP contribution < -0.4 is 5.32 Å². The first-order valence-corrected chi connectivity index (χ1v) is 6.27. The molecule has 2 atom stereocenters. The second-order valence-electron chi connectivity index (χ2n) is 4.15. The molecular formula is C14H21NO3. The van der Waals surface area contributed by atoms with Crippen molar-refractivity contribution in [2.45, 2.75) is 32.4 Å². The summed E-state index contributed by atoms with van der Waals surface area (Å²) < 4.78 is 4.83. The third kappa shape index (κ3) is 4.85. The van der Waals surface area contributed by atoms with Gasteiger partial charge in [-0.1, -0.05) is 30.3 Å². The predicted octanol–water partition coefficient (Wildman–Crippen LogP) is 1.65. The molecule has 0 aliphatic heterocycles. The molecule has 1 aromatic carbocycles. The molecule has 0 fully saturated rings. The van der Waals surface area contributed by atoms with Crippen LogP contribution in [0.25, 0.3) is 0 Å². The Labute approximate surface area is 108 Å². The SMILES string of the molecule is CCOC(=O)CCNC(C)C(O)c1ccccc1. The Kier molecular flexibility index (Phi) is 6.39. The maximum atomic E-state index is 11.1. The van der Waals surface area contributed by atoms with Crippen LogP contribution in [0, 0.1) is 0 Å². The van der Waals surface area contributed by atoms with Crippen molar-refractivity contribution in [1.82, 2.24) is 5.32 Å². The maximum Gasteiger partial charge on any atom is 0.307 e. The number of hydrogen-bond donors (Lipinski definition) is 2. The Balaban J connectivity index is 2.32. The molecular weight excluding hydrogens is 230 g/mol. The summed E-state index contributed by atoms with van der Waals surface area (Å²) >= 11 is 0. The lowest BCUT2D eigenvalue weighted by Gasteiger charge is -2.20. The van der Waals surface area contributed by atoms with Crippen LogP contribution in [0.15, 0.2) is 30.3 Å². The van der Waals surface area contributed by atoms with Crippen molar-refractivity contribution in [3.8, 4) is 0 Å². The van der Waals surface area contributed by atoms with Crippen LogP contribution in [0.2, 0.25) is 0 Å². The van der Waals surface area contributed by atoms with E-state index >= 15 is 0 Å². The lowest BCUT2D eigenvalue weighted by Crippen LogP contribution is -2.33. The van der Waals surface area contributed by atoms with E-state index in [1.165, 1.54) is 0 Å². The number of carbonyl (C=O) groups is 1. The zero-order valence-corrected chi connectivity index (χ0v) is 10.9. The van der Waals surface area contributed by atoms with Crippen LogP contribution >= 0.6 is 0 Å². The quantitative estimate of drug-likeness (QED) is 0.723. The van der Waals surface area contributed by atoms with Crippen molar-refractivity contribution >= 4 is 5.97 Å². The van der Waals surface area contributed by atoms with Gasteiger partial charge >= 0.3 is 5.97 Å². The summed E-state index contributed by atoms with van der Waals surface area (Å²) in [5.41, 5.74) is 0.869. The summed E-state index contributed by atoms with van der Waals surface area (Å²) in [6, 6.07) is 9.35. The Bertz CT molecular complexity index is 353. The summed E-state index contributed by atoms with van der Waals surface area (Å²) in [6.07, 6.45) is -0.256. The fraction of sp³-hybridized carbons (Fsp3) is 0.500. The highest BCUT2D eigenvalue weighted by Crippen LogP contribution is 2.15. The maximum absolute atomic E-state index is 11.1. The van der Waals surface area contributed by atoms with Gasteiger partial charge in [-0.15, -0.1) is 0 Å². The molecule has 1 aromatic rings. The van der Waals surface area contributed by atoms with Gasteiger partial charge in [-0.3, -0.25) is 4.79 Å². The first-order valence-electron chi connectivity index (χ1n) is 6.27. The van der Waals surface area contributed by atoms with Crippen LogP contribution in [-0.4, -0.2) is 30.3 Å². The van der Waals surface area contributed by atoms with E-state index in [0.717, 1.165) is 5.56 Å². The summed E-state index contributed by atoms with van der Waals surface area (Å²) in [4.78, 5) is 11.1. The number of aliphatic hydroxyl groups is 1. The standard InChI is InChI=1S/C14H21NO3/c1-3-18-13(16)9-10-15-11(2)14(17)12-7-5-4-6-8-12/h4-8,11,14-15,17H,3,9-10H2,1-2H3. The lowest BCUT2D eigenvalue weighted by atomic mass is 10.0. The van der Waals surface area contributed by atoms with Gasteiger partial charge in [0.1, 0.15) is 0 Å². The van der Waals surface area contributed by atoms with Crippen LogP contribution in [0.4, 0.5) is 0 Å². The van der Waals surface area contributed by atoms with Gasteiger partial charge < -0.3 is 15.2 Å². The third-order valence-corrected chi connectivity index (χ3v) is 2.72. The molecule has 4 heteroatoms. The van der Waals surface area contributed by atoms with Crippen molar-refractivity contribution in [1.29, 1.82) is 0 Å². The number of aliphatic hydroxyl groups excluding tert-OH is 1. The van der Waals surface area contributed by atoms with Crippen molar-refractivity contribution in [2.24, 2.45) is 0 Å². The fourth-order valence-electron chi connectivity index (χ4n) is 1.69. The Morgan fingerprint density at radius 3 is 2.67 bits per heavy atom. The van der Waals surface area contributed by atoms with Gasteiger partial charge in [-0.05, 0) is 19.4 Å². The topological polar surface area (TPSA) is 58.6 Å². The van der Waals surface area contributed by atoms with E-state index in [1.54, 1.807) is 6.92 Å². The van der Waals surface area contributed by atoms with Gasteiger partial charge in [0, 0.05) is 12.6 Å². The largest absolute Gasteiger partial charge is 0.466 e. The molecule has 2 N–H and O–H groups in total. The lowest BCUT2D eigenvalue weighted by molar-refractivity contribution is -0.143. The number of rotatable bonds is 7. The van der Waals surface area contributed by atoms with Crippen LogP contribution in [0.3, 0.4) is 0 Å². The Hall–Kier alpha value is -1.39. The van der Waals surface area contributed by atoms with E-state index < -0.39 is 6.10 Å². The molecule has 1 rings (SSSR count). The minimum Gasteiger partial charge on any atom is -0.466 e. The summed E-state index contributed by atoms with van der Waals surface area (Å²) in [7, 11) is 0. The minimum absolute atomic E-state index is 0.109. The fourth-order valence-corrected chi connectivity index (χ4v) is 1.69. The third-order valence-electron chi connectivity index (χ3n) is 2.72. The molecule has 2 unspecified atom stereocenters. The van der Waals surface area contributed by atoms with Crippen molar-refractivity contribution < 1.29 is 14.6 Å². The molecule has 0 heterocycles. The van der Waals surface area contributed by atoms with Gasteiger partial charge in [-0.25, -0.2) is 0 Å². The highest BCUT2D eigenvalue weighted by atomic mass is 16.5. The zero-order chi connectivity index (χ0) is 13.4. The number of benzene rings is 1. The molecule has 0 saturated carbocycles. The Morgan fingerprint density at radius 2 is 2.06 bits per heavy atom. The number of hydrogen-bond acceptors (Lipinski definition) is 4. The molecule has 0 aromatic heterocycles. The number of carbonyl (C=O) groups excluding carboxylic acids is 1. The van der Waals surface area contributed by atoms with E-state index in [0.29, 0.717) is 19.6 Å². The first-order chi connectivity index (χ1) is 8.65. The van der Waals surface area contributed by atoms with Crippen molar-refractivity contribution in [3.63, 3.8) is 0 Å².